The highest BCUT2D eigenvalue weighted by molar-refractivity contribution is 6.19. The van der Waals surface area contributed by atoms with Gasteiger partial charge in [0.25, 0.3) is 5.91 Å². The quantitative estimate of drug-likeness (QED) is 0.378. The Balaban J connectivity index is 1.69. The van der Waals surface area contributed by atoms with Gasteiger partial charge in [-0.3, -0.25) is 14.4 Å². The molecule has 9 nitrogen and oxygen atoms in total. The zero-order valence-corrected chi connectivity index (χ0v) is 20.9. The molecule has 0 fully saturated rings. The molecule has 2 heterocycles. The predicted octanol–water partition coefficient (Wildman–Crippen LogP) is 3.83. The van der Waals surface area contributed by atoms with Gasteiger partial charge in [-0.1, -0.05) is 53.7 Å². The maximum absolute atomic E-state index is 13.6. The molecule has 4 N–H and O–H groups in total. The standard InChI is InChI=1S/C27H26F3N5O4/c1-15-19(14-39-35-15)21(23(31)36)18(11-7-13-27(28,29)30)25(37)34-24-26(38)32-20-12-6-5-10-17(20)22(33-24)16-8-3-2-4-9-16/h2-6,8-10,12,14,18,21,24H,7,11,13H2,1H3,(H2,31,36)(H,32,38)(H,34,37)/t18-,21?,24-/m1/s1. The molecule has 12 heteroatoms. The molecule has 0 aliphatic carbocycles. The normalized spacial score (nSPS) is 16.8. The molecule has 1 aromatic heterocycles. The number of anilines is 1. The number of primary amides is 1. The lowest BCUT2D eigenvalue weighted by Gasteiger charge is -2.25. The van der Waals surface area contributed by atoms with Gasteiger partial charge in [0, 0.05) is 23.1 Å². The molecule has 39 heavy (non-hydrogen) atoms. The van der Waals surface area contributed by atoms with E-state index in [4.69, 9.17) is 10.3 Å². The van der Waals surface area contributed by atoms with Crippen molar-refractivity contribution in [2.24, 2.45) is 16.6 Å². The number of nitrogens with one attached hydrogen (secondary N) is 2. The summed E-state index contributed by atoms with van der Waals surface area (Å²) in [4.78, 5) is 43.8. The Hall–Kier alpha value is -4.48. The lowest BCUT2D eigenvalue weighted by atomic mass is 9.81. The molecule has 4 rings (SSSR count). The SMILES string of the molecule is Cc1nocc1C(C(N)=O)[C@@H](CCCC(F)(F)F)C(=O)N[C@H]1N=C(c2ccccc2)c2ccccc2NC1=O. The number of aromatic nitrogens is 1. The van der Waals surface area contributed by atoms with E-state index in [0.29, 0.717) is 22.5 Å². The fraction of sp³-hybridized carbons (Fsp3) is 0.296. The van der Waals surface area contributed by atoms with Crippen LogP contribution in [0.3, 0.4) is 0 Å². The predicted molar refractivity (Wildman–Crippen MR) is 136 cm³/mol. The van der Waals surface area contributed by atoms with Crippen molar-refractivity contribution in [3.8, 4) is 0 Å². The smallest absolute Gasteiger partial charge is 0.369 e. The van der Waals surface area contributed by atoms with Crippen molar-refractivity contribution in [2.45, 2.75) is 44.4 Å². The molecule has 1 unspecified atom stereocenters. The topological polar surface area (TPSA) is 140 Å². The number of aliphatic imine (C=N–C) groups is 1. The van der Waals surface area contributed by atoms with Crippen molar-refractivity contribution in [3.63, 3.8) is 0 Å². The van der Waals surface area contributed by atoms with Crippen LogP contribution in [0.25, 0.3) is 0 Å². The summed E-state index contributed by atoms with van der Waals surface area (Å²) in [6.45, 7) is 1.52. The van der Waals surface area contributed by atoms with Crippen molar-refractivity contribution < 1.29 is 32.1 Å². The summed E-state index contributed by atoms with van der Waals surface area (Å²) in [7, 11) is 0. The molecule has 3 atom stereocenters. The zero-order valence-electron chi connectivity index (χ0n) is 20.9. The highest BCUT2D eigenvalue weighted by Gasteiger charge is 2.39. The Labute approximate surface area is 221 Å². The van der Waals surface area contributed by atoms with Crippen LogP contribution in [-0.4, -0.2) is 40.9 Å². The van der Waals surface area contributed by atoms with Crippen molar-refractivity contribution in [2.75, 3.05) is 5.32 Å². The number of carbonyl (C=O) groups excluding carboxylic acids is 3. The van der Waals surface area contributed by atoms with Gasteiger partial charge in [0.15, 0.2) is 0 Å². The van der Waals surface area contributed by atoms with E-state index in [9.17, 15) is 27.6 Å². The Morgan fingerprint density at radius 2 is 1.82 bits per heavy atom. The molecule has 0 radical (unpaired) electrons. The molecule has 0 saturated carbocycles. The number of benzene rings is 2. The first-order valence-corrected chi connectivity index (χ1v) is 12.2. The molecule has 2 aromatic carbocycles. The molecule has 3 aromatic rings. The summed E-state index contributed by atoms with van der Waals surface area (Å²) in [6, 6.07) is 16.0. The second-order valence-corrected chi connectivity index (χ2v) is 9.14. The van der Waals surface area contributed by atoms with Gasteiger partial charge in [-0.15, -0.1) is 0 Å². The van der Waals surface area contributed by atoms with Crippen molar-refractivity contribution in [1.29, 1.82) is 0 Å². The van der Waals surface area contributed by atoms with Crippen molar-refractivity contribution >= 4 is 29.1 Å². The first-order valence-electron chi connectivity index (χ1n) is 12.2. The van der Waals surface area contributed by atoms with Crippen molar-refractivity contribution in [1.82, 2.24) is 10.5 Å². The van der Waals surface area contributed by atoms with E-state index >= 15 is 0 Å². The Morgan fingerprint density at radius 1 is 1.13 bits per heavy atom. The van der Waals surface area contributed by atoms with Crippen LogP contribution in [0, 0.1) is 12.8 Å². The number of aryl methyl sites for hydroxylation is 1. The molecule has 0 spiro atoms. The van der Waals surface area contributed by atoms with Crippen molar-refractivity contribution in [3.05, 3.63) is 83.2 Å². The van der Waals surface area contributed by atoms with Crippen LogP contribution >= 0.6 is 0 Å². The minimum Gasteiger partial charge on any atom is -0.369 e. The number of fused-ring (bicyclic) bond motifs is 1. The minimum atomic E-state index is -4.46. The molecule has 1 aliphatic rings. The third-order valence-corrected chi connectivity index (χ3v) is 6.42. The molecule has 3 amide bonds. The highest BCUT2D eigenvalue weighted by Crippen LogP contribution is 2.33. The third-order valence-electron chi connectivity index (χ3n) is 6.42. The second kappa shape index (κ2) is 11.5. The molecular formula is C27H26F3N5O4. The van der Waals surface area contributed by atoms with E-state index in [-0.39, 0.29) is 17.7 Å². The van der Waals surface area contributed by atoms with E-state index in [1.165, 1.54) is 6.92 Å². The van der Waals surface area contributed by atoms with E-state index in [0.717, 1.165) is 6.26 Å². The van der Waals surface area contributed by atoms with Crippen LogP contribution in [0.2, 0.25) is 0 Å². The number of hydrogen-bond donors (Lipinski definition) is 3. The van der Waals surface area contributed by atoms with E-state index in [1.807, 2.05) is 6.07 Å². The average molecular weight is 542 g/mol. The van der Waals surface area contributed by atoms with Crippen LogP contribution in [-0.2, 0) is 14.4 Å². The average Bonchev–Trinajstić information content (AvgIpc) is 3.24. The highest BCUT2D eigenvalue weighted by atomic mass is 19.4. The summed E-state index contributed by atoms with van der Waals surface area (Å²) >= 11 is 0. The number of para-hydroxylation sites is 1. The maximum Gasteiger partial charge on any atom is 0.389 e. The Kier molecular flexibility index (Phi) is 8.12. The van der Waals surface area contributed by atoms with Gasteiger partial charge < -0.3 is 20.9 Å². The van der Waals surface area contributed by atoms with E-state index in [2.05, 4.69) is 20.8 Å². The Morgan fingerprint density at radius 3 is 2.46 bits per heavy atom. The van der Waals surface area contributed by atoms with E-state index < -0.39 is 54.7 Å². The fourth-order valence-electron chi connectivity index (χ4n) is 4.56. The first kappa shape index (κ1) is 27.6. The van der Waals surface area contributed by atoms with Gasteiger partial charge in [0.05, 0.1) is 28.9 Å². The number of nitrogens with two attached hydrogens (primary N) is 1. The lowest BCUT2D eigenvalue weighted by Crippen LogP contribution is -2.47. The lowest BCUT2D eigenvalue weighted by molar-refractivity contribution is -0.139. The zero-order chi connectivity index (χ0) is 28.2. The third kappa shape index (κ3) is 6.51. The first-order chi connectivity index (χ1) is 18.5. The van der Waals surface area contributed by atoms with Gasteiger partial charge in [0.1, 0.15) is 6.26 Å². The largest absolute Gasteiger partial charge is 0.389 e. The molecular weight excluding hydrogens is 515 g/mol. The second-order valence-electron chi connectivity index (χ2n) is 9.14. The van der Waals surface area contributed by atoms with Gasteiger partial charge >= 0.3 is 6.18 Å². The van der Waals surface area contributed by atoms with Gasteiger partial charge in [-0.2, -0.15) is 13.2 Å². The number of alkyl halides is 3. The molecule has 0 saturated heterocycles. The van der Waals surface area contributed by atoms with Crippen LogP contribution in [0.5, 0.6) is 0 Å². The number of nitrogens with zero attached hydrogens (tertiary/aromatic N) is 2. The minimum absolute atomic E-state index is 0.181. The number of halogens is 3. The van der Waals surface area contributed by atoms with Crippen LogP contribution in [0.4, 0.5) is 18.9 Å². The number of benzodiazepines with no additional fused rings is 1. The molecule has 0 bridgehead atoms. The summed E-state index contributed by atoms with van der Waals surface area (Å²) in [5.41, 5.74) is 8.25. The van der Waals surface area contributed by atoms with Gasteiger partial charge in [0.2, 0.25) is 18.0 Å². The van der Waals surface area contributed by atoms with Gasteiger partial charge in [-0.05, 0) is 25.8 Å². The summed E-state index contributed by atoms with van der Waals surface area (Å²) < 4.78 is 43.7. The fourth-order valence-corrected chi connectivity index (χ4v) is 4.56. The van der Waals surface area contributed by atoms with Crippen LogP contribution in [0.15, 0.2) is 70.4 Å². The molecule has 1 aliphatic heterocycles. The summed E-state index contributed by atoms with van der Waals surface area (Å²) in [5, 5.41) is 8.97. The number of carbonyl (C=O) groups is 3. The van der Waals surface area contributed by atoms with Crippen LogP contribution < -0.4 is 16.4 Å². The molecule has 204 valence electrons. The monoisotopic (exact) mass is 541 g/mol. The van der Waals surface area contributed by atoms with Gasteiger partial charge in [-0.25, -0.2) is 4.99 Å². The van der Waals surface area contributed by atoms with E-state index in [1.54, 1.807) is 48.5 Å². The summed E-state index contributed by atoms with van der Waals surface area (Å²) in [6.07, 6.45) is -6.72. The number of rotatable bonds is 9. The number of amides is 3. The maximum atomic E-state index is 13.6. The Bertz CT molecular complexity index is 1390. The summed E-state index contributed by atoms with van der Waals surface area (Å²) in [5.74, 6) is -5.15. The van der Waals surface area contributed by atoms with Crippen LogP contribution in [0.1, 0.15) is 47.6 Å². The number of hydrogen-bond acceptors (Lipinski definition) is 6.